The van der Waals surface area contributed by atoms with E-state index in [1.165, 1.54) is 0 Å². The van der Waals surface area contributed by atoms with Gasteiger partial charge in [0.15, 0.2) is 0 Å². The van der Waals surface area contributed by atoms with Crippen LogP contribution in [0.15, 0.2) is 12.1 Å². The molecule has 2 rings (SSSR count). The molecule has 0 saturated carbocycles. The Morgan fingerprint density at radius 2 is 2.33 bits per heavy atom. The first-order valence-electron chi connectivity index (χ1n) is 4.81. The Kier molecular flexibility index (Phi) is 2.55. The van der Waals surface area contributed by atoms with Crippen LogP contribution >= 0.6 is 0 Å². The van der Waals surface area contributed by atoms with Crippen LogP contribution in [0, 0.1) is 6.92 Å². The van der Waals surface area contributed by atoms with Crippen LogP contribution in [0.3, 0.4) is 0 Å². The topological polar surface area (TPSA) is 77.2 Å². The summed E-state index contributed by atoms with van der Waals surface area (Å²) in [6.45, 7) is 3.45. The van der Waals surface area contributed by atoms with Gasteiger partial charge in [0.25, 0.3) is 0 Å². The summed E-state index contributed by atoms with van der Waals surface area (Å²) in [7, 11) is 0. The third-order valence-electron chi connectivity index (χ3n) is 2.25. The molecular weight excluding hydrogens is 194 g/mol. The number of aromatic nitrogens is 1. The minimum Gasteiger partial charge on any atom is -0.472 e. The van der Waals surface area contributed by atoms with Gasteiger partial charge in [0.05, 0.1) is 0 Å². The zero-order valence-corrected chi connectivity index (χ0v) is 8.49. The molecule has 2 heterocycles. The van der Waals surface area contributed by atoms with E-state index in [9.17, 15) is 4.79 Å². The highest BCUT2D eigenvalue weighted by molar-refractivity contribution is 5.93. The largest absolute Gasteiger partial charge is 0.472 e. The standard InChI is InChI=1S/C10H13N3O2/c1-6-2-7(10(11)14)3-9(13-6)15-8-4-12-5-8/h2-3,8,12H,4-5H2,1H3,(H2,11,14). The number of hydrogen-bond donors (Lipinski definition) is 2. The van der Waals surface area contributed by atoms with Crippen LogP contribution in [-0.2, 0) is 0 Å². The molecule has 3 N–H and O–H groups in total. The zero-order valence-electron chi connectivity index (χ0n) is 8.49. The summed E-state index contributed by atoms with van der Waals surface area (Å²) >= 11 is 0. The van der Waals surface area contributed by atoms with E-state index in [-0.39, 0.29) is 6.10 Å². The van der Waals surface area contributed by atoms with Crippen molar-refractivity contribution in [3.8, 4) is 5.88 Å². The second kappa shape index (κ2) is 3.86. The lowest BCUT2D eigenvalue weighted by atomic mass is 10.2. The Hall–Kier alpha value is -1.62. The van der Waals surface area contributed by atoms with E-state index in [1.54, 1.807) is 19.1 Å². The minimum absolute atomic E-state index is 0.153. The van der Waals surface area contributed by atoms with E-state index in [0.29, 0.717) is 11.4 Å². The number of carbonyl (C=O) groups excluding carboxylic acids is 1. The maximum atomic E-state index is 11.0. The monoisotopic (exact) mass is 207 g/mol. The van der Waals surface area contributed by atoms with Gasteiger partial charge < -0.3 is 15.8 Å². The van der Waals surface area contributed by atoms with Gasteiger partial charge >= 0.3 is 0 Å². The van der Waals surface area contributed by atoms with Crippen molar-refractivity contribution in [2.75, 3.05) is 13.1 Å². The van der Waals surface area contributed by atoms with E-state index < -0.39 is 5.91 Å². The smallest absolute Gasteiger partial charge is 0.248 e. The fraction of sp³-hybridized carbons (Fsp3) is 0.400. The Balaban J connectivity index is 2.18. The number of nitrogens with one attached hydrogen (secondary N) is 1. The summed E-state index contributed by atoms with van der Waals surface area (Å²) in [5.41, 5.74) is 6.36. The summed E-state index contributed by atoms with van der Waals surface area (Å²) in [6.07, 6.45) is 0.153. The number of carbonyl (C=O) groups is 1. The van der Waals surface area contributed by atoms with E-state index in [4.69, 9.17) is 10.5 Å². The van der Waals surface area contributed by atoms with Gasteiger partial charge in [0, 0.05) is 30.4 Å². The molecular formula is C10H13N3O2. The molecule has 1 aliphatic heterocycles. The molecule has 0 atom stereocenters. The van der Waals surface area contributed by atoms with Crippen LogP contribution in [-0.4, -0.2) is 30.1 Å². The number of amides is 1. The van der Waals surface area contributed by atoms with Crippen molar-refractivity contribution in [1.82, 2.24) is 10.3 Å². The van der Waals surface area contributed by atoms with Gasteiger partial charge in [-0.2, -0.15) is 0 Å². The van der Waals surface area contributed by atoms with Crippen LogP contribution in [0.1, 0.15) is 16.1 Å². The highest BCUT2D eigenvalue weighted by Crippen LogP contribution is 2.14. The number of hydrogen-bond acceptors (Lipinski definition) is 4. The fourth-order valence-electron chi connectivity index (χ4n) is 1.36. The number of rotatable bonds is 3. The molecule has 0 aromatic carbocycles. The molecule has 5 heteroatoms. The van der Waals surface area contributed by atoms with Gasteiger partial charge in [-0.3, -0.25) is 4.79 Å². The number of nitrogens with zero attached hydrogens (tertiary/aromatic N) is 1. The normalized spacial score (nSPS) is 15.8. The second-order valence-corrected chi connectivity index (χ2v) is 3.60. The molecule has 1 fully saturated rings. The Bertz CT molecular complexity index is 388. The average Bonchev–Trinajstić information content (AvgIpc) is 2.10. The predicted molar refractivity (Wildman–Crippen MR) is 54.8 cm³/mol. The molecule has 0 radical (unpaired) electrons. The van der Waals surface area contributed by atoms with Crippen LogP contribution in [0.2, 0.25) is 0 Å². The van der Waals surface area contributed by atoms with Crippen molar-refractivity contribution in [3.63, 3.8) is 0 Å². The van der Waals surface area contributed by atoms with Gasteiger partial charge in [-0.05, 0) is 13.0 Å². The molecule has 0 aliphatic carbocycles. The van der Waals surface area contributed by atoms with Crippen LogP contribution in [0.4, 0.5) is 0 Å². The van der Waals surface area contributed by atoms with Crippen LogP contribution < -0.4 is 15.8 Å². The first-order chi connectivity index (χ1) is 7.15. The predicted octanol–water partition coefficient (Wildman–Crippen LogP) is -0.160. The summed E-state index contributed by atoms with van der Waals surface area (Å²) in [5, 5.41) is 3.09. The molecule has 1 aromatic rings. The maximum absolute atomic E-state index is 11.0. The van der Waals surface area contributed by atoms with Gasteiger partial charge in [-0.25, -0.2) is 4.98 Å². The first kappa shape index (κ1) is 9.92. The van der Waals surface area contributed by atoms with E-state index in [2.05, 4.69) is 10.3 Å². The summed E-state index contributed by atoms with van der Waals surface area (Å²) in [6, 6.07) is 3.22. The average molecular weight is 207 g/mol. The molecule has 0 unspecified atom stereocenters. The highest BCUT2D eigenvalue weighted by atomic mass is 16.5. The second-order valence-electron chi connectivity index (χ2n) is 3.60. The summed E-state index contributed by atoms with van der Waals surface area (Å²) in [5.74, 6) is 0.00684. The van der Waals surface area contributed by atoms with Crippen LogP contribution in [0.5, 0.6) is 5.88 Å². The molecule has 0 bridgehead atoms. The molecule has 80 valence electrons. The van der Waals surface area contributed by atoms with Crippen molar-refractivity contribution in [2.45, 2.75) is 13.0 Å². The van der Waals surface area contributed by atoms with E-state index in [1.807, 2.05) is 0 Å². The van der Waals surface area contributed by atoms with Gasteiger partial charge in [0.2, 0.25) is 11.8 Å². The SMILES string of the molecule is Cc1cc(C(N)=O)cc(OC2CNC2)n1. The van der Waals surface area contributed by atoms with Crippen LogP contribution in [0.25, 0.3) is 0 Å². The lowest BCUT2D eigenvalue weighted by molar-refractivity contribution is 0.0997. The number of nitrogens with two attached hydrogens (primary N) is 1. The quantitative estimate of drug-likeness (QED) is 0.722. The fourth-order valence-corrected chi connectivity index (χ4v) is 1.36. The summed E-state index contributed by atoms with van der Waals surface area (Å²) in [4.78, 5) is 15.2. The number of ether oxygens (including phenoxy) is 1. The minimum atomic E-state index is -0.461. The van der Waals surface area contributed by atoms with Gasteiger partial charge in [-0.15, -0.1) is 0 Å². The number of primary amides is 1. The zero-order chi connectivity index (χ0) is 10.8. The van der Waals surface area contributed by atoms with Crippen molar-refractivity contribution < 1.29 is 9.53 Å². The molecule has 1 aromatic heterocycles. The van der Waals surface area contributed by atoms with Crippen molar-refractivity contribution in [2.24, 2.45) is 5.73 Å². The molecule has 1 aliphatic rings. The molecule has 1 amide bonds. The van der Waals surface area contributed by atoms with Crippen molar-refractivity contribution in [3.05, 3.63) is 23.4 Å². The Morgan fingerprint density at radius 3 is 2.87 bits per heavy atom. The molecule has 0 spiro atoms. The third-order valence-corrected chi connectivity index (χ3v) is 2.25. The highest BCUT2D eigenvalue weighted by Gasteiger charge is 2.19. The van der Waals surface area contributed by atoms with Crippen molar-refractivity contribution >= 4 is 5.91 Å². The number of pyridine rings is 1. The summed E-state index contributed by atoms with van der Waals surface area (Å²) < 4.78 is 5.54. The van der Waals surface area contributed by atoms with E-state index >= 15 is 0 Å². The maximum Gasteiger partial charge on any atom is 0.248 e. The lowest BCUT2D eigenvalue weighted by Gasteiger charge is -2.27. The van der Waals surface area contributed by atoms with Crippen molar-refractivity contribution in [1.29, 1.82) is 0 Å². The number of aryl methyl sites for hydroxylation is 1. The van der Waals surface area contributed by atoms with E-state index in [0.717, 1.165) is 18.8 Å². The van der Waals surface area contributed by atoms with Gasteiger partial charge in [-0.1, -0.05) is 0 Å². The lowest BCUT2D eigenvalue weighted by Crippen LogP contribution is -2.50. The Morgan fingerprint density at radius 1 is 1.60 bits per heavy atom. The molecule has 5 nitrogen and oxygen atoms in total. The third kappa shape index (κ3) is 2.24. The Labute approximate surface area is 87.6 Å². The molecule has 1 saturated heterocycles. The first-order valence-corrected chi connectivity index (χ1v) is 4.81. The molecule has 15 heavy (non-hydrogen) atoms. The van der Waals surface area contributed by atoms with Gasteiger partial charge in [0.1, 0.15) is 6.10 Å².